The van der Waals surface area contributed by atoms with E-state index in [1.807, 2.05) is 6.08 Å². The Morgan fingerprint density at radius 2 is 0.836 bits per heavy atom. The molecule has 1 amide bonds. The van der Waals surface area contributed by atoms with E-state index in [-0.39, 0.29) is 12.5 Å². The number of carbonyl (C=O) groups is 1. The van der Waals surface area contributed by atoms with Crippen molar-refractivity contribution in [2.75, 3.05) is 13.2 Å². The molecule has 9 heteroatoms. The van der Waals surface area contributed by atoms with Crippen LogP contribution >= 0.6 is 0 Å². The molecule has 0 spiro atoms. The van der Waals surface area contributed by atoms with Crippen molar-refractivity contribution in [1.29, 1.82) is 0 Å². The van der Waals surface area contributed by atoms with Gasteiger partial charge in [-0.15, -0.1) is 0 Å². The summed E-state index contributed by atoms with van der Waals surface area (Å²) in [7, 11) is 0. The van der Waals surface area contributed by atoms with Crippen molar-refractivity contribution in [2.24, 2.45) is 0 Å². The number of aliphatic hydroxyl groups excluding tert-OH is 5. The van der Waals surface area contributed by atoms with Crippen LogP contribution in [-0.4, -0.2) is 87.5 Å². The third-order valence-corrected chi connectivity index (χ3v) is 14.0. The summed E-state index contributed by atoms with van der Waals surface area (Å²) < 4.78 is 11.3. The standard InChI is InChI=1S/C58H111NO8/c1-3-5-7-9-11-13-15-17-19-21-22-23-24-25-26-27-28-29-30-32-33-35-37-39-41-43-45-47-52(61)51(50-66-58-57(65)56(64)55(63)53(49-60)67-58)59-54(62)48-46-44-42-40-38-36-34-31-20-18-16-14-12-10-8-6-4-2/h18,20,45,47,51-53,55-58,60-61,63-65H,3-17,19,21-44,46,48-50H2,1-2H3,(H,59,62)/b20-18-,47-45+. The quantitative estimate of drug-likeness (QED) is 0.0261. The van der Waals surface area contributed by atoms with Crippen LogP contribution in [0.3, 0.4) is 0 Å². The molecule has 1 heterocycles. The summed E-state index contributed by atoms with van der Waals surface area (Å²) in [5, 5.41) is 54.5. The van der Waals surface area contributed by atoms with Crippen LogP contribution in [0.15, 0.2) is 24.3 Å². The normalized spacial score (nSPS) is 19.8. The highest BCUT2D eigenvalue weighted by Gasteiger charge is 2.44. The second-order valence-electron chi connectivity index (χ2n) is 20.4. The van der Waals surface area contributed by atoms with E-state index < -0.39 is 49.5 Å². The van der Waals surface area contributed by atoms with Gasteiger partial charge in [-0.05, 0) is 44.9 Å². The molecule has 1 saturated heterocycles. The summed E-state index contributed by atoms with van der Waals surface area (Å²) in [6.45, 7) is 3.80. The highest BCUT2D eigenvalue weighted by Crippen LogP contribution is 2.23. The number of unbranched alkanes of at least 4 members (excludes halogenated alkanes) is 38. The number of amides is 1. The molecule has 67 heavy (non-hydrogen) atoms. The number of hydrogen-bond donors (Lipinski definition) is 6. The van der Waals surface area contributed by atoms with Crippen LogP contribution in [-0.2, 0) is 14.3 Å². The summed E-state index contributed by atoms with van der Waals surface area (Å²) in [5.74, 6) is -0.178. The highest BCUT2D eigenvalue weighted by atomic mass is 16.7. The Hall–Kier alpha value is -1.33. The smallest absolute Gasteiger partial charge is 0.220 e. The molecule has 1 aliphatic rings. The topological polar surface area (TPSA) is 149 Å². The molecule has 6 N–H and O–H groups in total. The molecule has 1 rings (SSSR count). The van der Waals surface area contributed by atoms with E-state index in [0.29, 0.717) is 6.42 Å². The van der Waals surface area contributed by atoms with Crippen molar-refractivity contribution in [3.8, 4) is 0 Å². The number of ether oxygens (including phenoxy) is 2. The molecule has 7 unspecified atom stereocenters. The van der Waals surface area contributed by atoms with Crippen molar-refractivity contribution in [2.45, 2.75) is 326 Å². The van der Waals surface area contributed by atoms with Crippen molar-refractivity contribution >= 4 is 5.91 Å². The number of aliphatic hydroxyl groups is 5. The number of allylic oxidation sites excluding steroid dienone is 3. The lowest BCUT2D eigenvalue weighted by atomic mass is 9.99. The molecule has 7 atom stereocenters. The first-order valence-electron chi connectivity index (χ1n) is 29.1. The van der Waals surface area contributed by atoms with Crippen molar-refractivity contribution < 1.29 is 39.8 Å². The van der Waals surface area contributed by atoms with Gasteiger partial charge in [0, 0.05) is 6.42 Å². The van der Waals surface area contributed by atoms with E-state index in [9.17, 15) is 30.3 Å². The Morgan fingerprint density at radius 3 is 1.21 bits per heavy atom. The fourth-order valence-electron chi connectivity index (χ4n) is 9.39. The Labute approximate surface area is 413 Å². The molecule has 0 saturated carbocycles. The van der Waals surface area contributed by atoms with Crippen LogP contribution in [0.2, 0.25) is 0 Å². The molecule has 0 aromatic rings. The molecule has 0 aromatic heterocycles. The van der Waals surface area contributed by atoms with E-state index in [1.54, 1.807) is 6.08 Å². The monoisotopic (exact) mass is 950 g/mol. The minimum Gasteiger partial charge on any atom is -0.394 e. The third kappa shape index (κ3) is 38.1. The Kier molecular flexibility index (Phi) is 45.9. The predicted octanol–water partition coefficient (Wildman–Crippen LogP) is 14.2. The van der Waals surface area contributed by atoms with Crippen molar-refractivity contribution in [3.05, 3.63) is 24.3 Å². The number of carbonyl (C=O) groups excluding carboxylic acids is 1. The van der Waals surface area contributed by atoms with Gasteiger partial charge in [-0.25, -0.2) is 0 Å². The molecular weight excluding hydrogens is 839 g/mol. The van der Waals surface area contributed by atoms with Gasteiger partial charge in [0.1, 0.15) is 24.4 Å². The third-order valence-electron chi connectivity index (χ3n) is 14.0. The minimum atomic E-state index is -1.57. The lowest BCUT2D eigenvalue weighted by Crippen LogP contribution is -2.60. The van der Waals surface area contributed by atoms with E-state index in [2.05, 4.69) is 31.3 Å². The SMILES string of the molecule is CCCCCCCC/C=C\CCCCCCCCCC(=O)NC(COC1OC(CO)C(O)C(O)C1O)C(O)/C=C/CCCCCCCCCCCCCCCCCCCCCCCCCCC. The van der Waals surface area contributed by atoms with Gasteiger partial charge in [-0.1, -0.05) is 256 Å². The van der Waals surface area contributed by atoms with Gasteiger partial charge in [-0.2, -0.15) is 0 Å². The van der Waals surface area contributed by atoms with Crippen molar-refractivity contribution in [1.82, 2.24) is 5.32 Å². The van der Waals surface area contributed by atoms with Crippen molar-refractivity contribution in [3.63, 3.8) is 0 Å². The highest BCUT2D eigenvalue weighted by molar-refractivity contribution is 5.76. The minimum absolute atomic E-state index is 0.178. The Morgan fingerprint density at radius 1 is 0.493 bits per heavy atom. The maximum Gasteiger partial charge on any atom is 0.220 e. The first-order valence-corrected chi connectivity index (χ1v) is 29.1. The summed E-state index contributed by atoms with van der Waals surface area (Å²) in [4.78, 5) is 13.0. The Bertz CT molecular complexity index is 1100. The van der Waals surface area contributed by atoms with Gasteiger partial charge in [0.2, 0.25) is 5.91 Å². The Balaban J connectivity index is 2.21. The molecular formula is C58H111NO8. The zero-order chi connectivity index (χ0) is 48.7. The van der Waals surface area contributed by atoms with Crippen LogP contribution in [0, 0.1) is 0 Å². The van der Waals surface area contributed by atoms with Gasteiger partial charge in [0.15, 0.2) is 6.29 Å². The van der Waals surface area contributed by atoms with Gasteiger partial charge in [0.05, 0.1) is 25.4 Å². The molecule has 0 bridgehead atoms. The van der Waals surface area contributed by atoms with E-state index in [0.717, 1.165) is 44.9 Å². The zero-order valence-corrected chi connectivity index (χ0v) is 43.9. The van der Waals surface area contributed by atoms with Gasteiger partial charge in [0.25, 0.3) is 0 Å². The largest absolute Gasteiger partial charge is 0.394 e. The van der Waals surface area contributed by atoms with Gasteiger partial charge >= 0.3 is 0 Å². The van der Waals surface area contributed by atoms with E-state index >= 15 is 0 Å². The maximum absolute atomic E-state index is 13.0. The molecule has 1 aliphatic heterocycles. The van der Waals surface area contributed by atoms with Crippen LogP contribution in [0.1, 0.15) is 284 Å². The van der Waals surface area contributed by atoms with Gasteiger partial charge in [-0.3, -0.25) is 4.79 Å². The van der Waals surface area contributed by atoms with E-state index in [1.165, 1.54) is 218 Å². The molecule has 0 radical (unpaired) electrons. The van der Waals surface area contributed by atoms with E-state index in [4.69, 9.17) is 9.47 Å². The summed E-state index contributed by atoms with van der Waals surface area (Å²) >= 11 is 0. The maximum atomic E-state index is 13.0. The summed E-state index contributed by atoms with van der Waals surface area (Å²) in [5.41, 5.74) is 0. The number of nitrogens with one attached hydrogen (secondary N) is 1. The fourth-order valence-corrected chi connectivity index (χ4v) is 9.39. The second kappa shape index (κ2) is 48.3. The second-order valence-corrected chi connectivity index (χ2v) is 20.4. The zero-order valence-electron chi connectivity index (χ0n) is 43.9. The molecule has 396 valence electrons. The van der Waals surface area contributed by atoms with Crippen LogP contribution in [0.5, 0.6) is 0 Å². The molecule has 9 nitrogen and oxygen atoms in total. The average molecular weight is 951 g/mol. The first kappa shape index (κ1) is 63.7. The molecule has 0 aromatic carbocycles. The number of rotatable bonds is 50. The lowest BCUT2D eigenvalue weighted by molar-refractivity contribution is -0.302. The van der Waals surface area contributed by atoms with Gasteiger partial charge < -0.3 is 40.3 Å². The number of hydrogen-bond acceptors (Lipinski definition) is 8. The predicted molar refractivity (Wildman–Crippen MR) is 281 cm³/mol. The average Bonchev–Trinajstić information content (AvgIpc) is 3.33. The van der Waals surface area contributed by atoms with Crippen LogP contribution < -0.4 is 5.32 Å². The summed E-state index contributed by atoms with van der Waals surface area (Å²) in [6.07, 6.45) is 53.9. The molecule has 0 aliphatic carbocycles. The fraction of sp³-hybridized carbons (Fsp3) is 0.914. The lowest BCUT2D eigenvalue weighted by Gasteiger charge is -2.40. The summed E-state index contributed by atoms with van der Waals surface area (Å²) in [6, 6.07) is -0.806. The molecule has 1 fully saturated rings. The first-order chi connectivity index (χ1) is 32.8. The van der Waals surface area contributed by atoms with Crippen LogP contribution in [0.4, 0.5) is 0 Å². The van der Waals surface area contributed by atoms with Crippen LogP contribution in [0.25, 0.3) is 0 Å².